The second-order valence-electron chi connectivity index (χ2n) is 6.67. The van der Waals surface area contributed by atoms with E-state index in [1.165, 1.54) is 0 Å². The summed E-state index contributed by atoms with van der Waals surface area (Å²) in [6.45, 7) is 4.73. The Kier molecular flexibility index (Phi) is 4.19. The second-order valence-corrected chi connectivity index (χ2v) is 6.67. The Morgan fingerprint density at radius 3 is 1.45 bits per heavy atom. The van der Waals surface area contributed by atoms with Crippen LogP contribution in [-0.2, 0) is 32.3 Å². The molecule has 0 amide bonds. The minimum atomic E-state index is -0.0935. The molecule has 22 heavy (non-hydrogen) atoms. The van der Waals surface area contributed by atoms with Crippen LogP contribution >= 0.6 is 0 Å². The van der Waals surface area contributed by atoms with Crippen molar-refractivity contribution in [2.24, 2.45) is 23.7 Å². The molecular formula is C18H22O4. The van der Waals surface area contributed by atoms with Crippen LogP contribution in [0.3, 0.4) is 0 Å². The predicted molar refractivity (Wildman–Crippen MR) is 80.6 cm³/mol. The molecule has 0 N–H and O–H groups in total. The quantitative estimate of drug-likeness (QED) is 0.758. The maximum atomic E-state index is 11.6. The average Bonchev–Trinajstić information content (AvgIpc) is 3.42. The Bertz CT molecular complexity index is 512. The van der Waals surface area contributed by atoms with Gasteiger partial charge >= 0.3 is 11.9 Å². The number of esters is 2. The molecule has 1 aromatic rings. The van der Waals surface area contributed by atoms with Gasteiger partial charge in [0, 0.05) is 0 Å². The van der Waals surface area contributed by atoms with E-state index in [2.05, 4.69) is 13.8 Å². The third kappa shape index (κ3) is 3.67. The van der Waals surface area contributed by atoms with Gasteiger partial charge in [-0.3, -0.25) is 9.59 Å². The summed E-state index contributed by atoms with van der Waals surface area (Å²) >= 11 is 0. The highest BCUT2D eigenvalue weighted by atomic mass is 16.5. The molecule has 4 atom stereocenters. The highest BCUT2D eigenvalue weighted by Gasteiger charge is 2.41. The molecular weight excluding hydrogens is 280 g/mol. The normalized spacial score (nSPS) is 28.8. The molecule has 4 nitrogen and oxygen atoms in total. The van der Waals surface area contributed by atoms with Crippen molar-refractivity contribution in [3.8, 4) is 0 Å². The lowest BCUT2D eigenvalue weighted by atomic mass is 10.1. The van der Waals surface area contributed by atoms with Crippen LogP contribution in [0.4, 0.5) is 0 Å². The molecule has 2 aliphatic rings. The molecule has 1 aromatic carbocycles. The number of ether oxygens (including phenoxy) is 2. The predicted octanol–water partition coefficient (Wildman–Crippen LogP) is 3.09. The molecule has 0 aliphatic heterocycles. The van der Waals surface area contributed by atoms with Crippen molar-refractivity contribution in [1.82, 2.24) is 0 Å². The zero-order valence-corrected chi connectivity index (χ0v) is 13.1. The lowest BCUT2D eigenvalue weighted by molar-refractivity contribution is -0.147. The van der Waals surface area contributed by atoms with Gasteiger partial charge in [0.25, 0.3) is 0 Å². The van der Waals surface area contributed by atoms with Gasteiger partial charge in [0.15, 0.2) is 0 Å². The number of rotatable bonds is 6. The lowest BCUT2D eigenvalue weighted by Gasteiger charge is -2.07. The molecule has 4 unspecified atom stereocenters. The molecule has 2 fully saturated rings. The molecule has 0 aromatic heterocycles. The smallest absolute Gasteiger partial charge is 0.309 e. The van der Waals surface area contributed by atoms with Crippen LogP contribution in [0.2, 0.25) is 0 Å². The number of benzene rings is 1. The fraction of sp³-hybridized carbons (Fsp3) is 0.556. The first kappa shape index (κ1) is 15.1. The third-order valence-corrected chi connectivity index (χ3v) is 4.61. The summed E-state index contributed by atoms with van der Waals surface area (Å²) in [4.78, 5) is 23.3. The Morgan fingerprint density at radius 1 is 0.864 bits per heavy atom. The van der Waals surface area contributed by atoms with Gasteiger partial charge in [-0.1, -0.05) is 38.1 Å². The van der Waals surface area contributed by atoms with Gasteiger partial charge in [-0.25, -0.2) is 0 Å². The fourth-order valence-electron chi connectivity index (χ4n) is 2.56. The Labute approximate surface area is 130 Å². The number of hydrogen-bond donors (Lipinski definition) is 0. The zero-order chi connectivity index (χ0) is 15.7. The summed E-state index contributed by atoms with van der Waals surface area (Å²) in [7, 11) is 0. The first-order chi connectivity index (χ1) is 10.5. The van der Waals surface area contributed by atoms with Crippen molar-refractivity contribution in [2.45, 2.75) is 39.9 Å². The molecule has 0 bridgehead atoms. The van der Waals surface area contributed by atoms with Crippen LogP contribution in [-0.4, -0.2) is 11.9 Å². The Hall–Kier alpha value is -1.84. The monoisotopic (exact) mass is 302 g/mol. The van der Waals surface area contributed by atoms with Crippen LogP contribution in [0.15, 0.2) is 24.3 Å². The minimum Gasteiger partial charge on any atom is -0.461 e. The summed E-state index contributed by atoms with van der Waals surface area (Å²) in [6, 6.07) is 7.64. The van der Waals surface area contributed by atoms with E-state index in [1.807, 2.05) is 24.3 Å². The van der Waals surface area contributed by atoms with Gasteiger partial charge in [-0.2, -0.15) is 0 Å². The topological polar surface area (TPSA) is 52.6 Å². The maximum absolute atomic E-state index is 11.6. The van der Waals surface area contributed by atoms with Crippen LogP contribution in [0.25, 0.3) is 0 Å². The van der Waals surface area contributed by atoms with E-state index in [-0.39, 0.29) is 23.8 Å². The number of carbonyl (C=O) groups is 2. The standard InChI is InChI=1S/C18H22O4/c1-11-7-15(11)17(19)21-9-13-3-5-14(6-4-13)10-22-18(20)16-8-12(16)2/h3-6,11-12,15-16H,7-10H2,1-2H3. The number of carbonyl (C=O) groups excluding carboxylic acids is 2. The van der Waals surface area contributed by atoms with E-state index in [0.717, 1.165) is 24.0 Å². The van der Waals surface area contributed by atoms with Crippen molar-refractivity contribution >= 4 is 11.9 Å². The average molecular weight is 302 g/mol. The molecule has 2 saturated carbocycles. The van der Waals surface area contributed by atoms with Gasteiger partial charge in [0.05, 0.1) is 11.8 Å². The second kappa shape index (κ2) is 6.11. The fourth-order valence-corrected chi connectivity index (χ4v) is 2.56. The van der Waals surface area contributed by atoms with Gasteiger partial charge in [-0.05, 0) is 35.8 Å². The Balaban J connectivity index is 1.41. The third-order valence-electron chi connectivity index (χ3n) is 4.61. The van der Waals surface area contributed by atoms with Crippen molar-refractivity contribution in [2.75, 3.05) is 0 Å². The molecule has 0 radical (unpaired) electrons. The van der Waals surface area contributed by atoms with Crippen molar-refractivity contribution < 1.29 is 19.1 Å². The molecule has 0 heterocycles. The summed E-state index contributed by atoms with van der Waals surface area (Å²) in [5.74, 6) is 0.956. The van der Waals surface area contributed by atoms with E-state index in [4.69, 9.17) is 9.47 Å². The van der Waals surface area contributed by atoms with E-state index >= 15 is 0 Å². The summed E-state index contributed by atoms with van der Waals surface area (Å²) in [5.41, 5.74) is 1.90. The molecule has 0 spiro atoms. The zero-order valence-electron chi connectivity index (χ0n) is 13.1. The van der Waals surface area contributed by atoms with Crippen molar-refractivity contribution in [3.05, 3.63) is 35.4 Å². The van der Waals surface area contributed by atoms with Crippen LogP contribution < -0.4 is 0 Å². The maximum Gasteiger partial charge on any atom is 0.309 e. The largest absolute Gasteiger partial charge is 0.461 e. The summed E-state index contributed by atoms with van der Waals surface area (Å²) in [5, 5.41) is 0. The summed E-state index contributed by atoms with van der Waals surface area (Å²) in [6.07, 6.45) is 1.89. The highest BCUT2D eigenvalue weighted by molar-refractivity contribution is 5.76. The molecule has 118 valence electrons. The van der Waals surface area contributed by atoms with Crippen molar-refractivity contribution in [1.29, 1.82) is 0 Å². The van der Waals surface area contributed by atoms with Gasteiger partial charge in [0.2, 0.25) is 0 Å². The Morgan fingerprint density at radius 2 is 1.18 bits per heavy atom. The first-order valence-electron chi connectivity index (χ1n) is 7.95. The van der Waals surface area contributed by atoms with Gasteiger partial charge in [-0.15, -0.1) is 0 Å². The van der Waals surface area contributed by atoms with E-state index in [1.54, 1.807) is 0 Å². The molecule has 4 heteroatoms. The first-order valence-corrected chi connectivity index (χ1v) is 7.95. The highest BCUT2D eigenvalue weighted by Crippen LogP contribution is 2.39. The molecule has 3 rings (SSSR count). The molecule has 0 saturated heterocycles. The van der Waals surface area contributed by atoms with Crippen LogP contribution in [0.5, 0.6) is 0 Å². The van der Waals surface area contributed by atoms with Gasteiger partial charge < -0.3 is 9.47 Å². The SMILES string of the molecule is CC1CC1C(=O)OCc1ccc(COC(=O)C2CC2C)cc1. The van der Waals surface area contributed by atoms with E-state index < -0.39 is 0 Å². The number of hydrogen-bond acceptors (Lipinski definition) is 4. The van der Waals surface area contributed by atoms with Crippen LogP contribution in [0.1, 0.15) is 37.8 Å². The van der Waals surface area contributed by atoms with Crippen LogP contribution in [0, 0.1) is 23.7 Å². The van der Waals surface area contributed by atoms with Crippen molar-refractivity contribution in [3.63, 3.8) is 0 Å². The van der Waals surface area contributed by atoms with E-state index in [0.29, 0.717) is 25.0 Å². The van der Waals surface area contributed by atoms with Gasteiger partial charge in [0.1, 0.15) is 13.2 Å². The lowest BCUT2D eigenvalue weighted by Crippen LogP contribution is -2.08. The molecule has 2 aliphatic carbocycles. The van der Waals surface area contributed by atoms with E-state index in [9.17, 15) is 9.59 Å². The minimum absolute atomic E-state index is 0.0935. The summed E-state index contributed by atoms with van der Waals surface area (Å²) < 4.78 is 10.6.